The largest absolute Gasteiger partial charge is 0.462 e. The molecule has 4 rings (SSSR count). The van der Waals surface area contributed by atoms with Crippen LogP contribution in [0.25, 0.3) is 5.57 Å². The second-order valence-electron chi connectivity index (χ2n) is 10.5. The lowest BCUT2D eigenvalue weighted by Crippen LogP contribution is -2.38. The van der Waals surface area contributed by atoms with Crippen LogP contribution in [0.1, 0.15) is 80.4 Å². The number of benzene rings is 2. The first-order valence-electron chi connectivity index (χ1n) is 14.8. The van der Waals surface area contributed by atoms with Gasteiger partial charge in [-0.1, -0.05) is 69.3 Å². The van der Waals surface area contributed by atoms with E-state index in [-0.39, 0.29) is 17.9 Å². The van der Waals surface area contributed by atoms with E-state index >= 15 is 0 Å². The summed E-state index contributed by atoms with van der Waals surface area (Å²) in [5.41, 5.74) is 5.58. The fraction of sp³-hybridized carbons (Fsp3) is 0.471. The third-order valence-corrected chi connectivity index (χ3v) is 7.75. The van der Waals surface area contributed by atoms with Gasteiger partial charge in [0.05, 0.1) is 6.04 Å². The summed E-state index contributed by atoms with van der Waals surface area (Å²) < 4.78 is 4.43. The molecule has 1 saturated heterocycles. The number of hydrogen-bond acceptors (Lipinski definition) is 5. The van der Waals surface area contributed by atoms with Gasteiger partial charge in [-0.2, -0.15) is 0 Å². The summed E-state index contributed by atoms with van der Waals surface area (Å²) in [5.74, 6) is 0.0938. The van der Waals surface area contributed by atoms with Gasteiger partial charge in [-0.3, -0.25) is 9.59 Å². The average molecular weight is 546 g/mol. The molecule has 6 nitrogen and oxygen atoms in total. The second-order valence-corrected chi connectivity index (χ2v) is 10.5. The van der Waals surface area contributed by atoms with E-state index in [1.807, 2.05) is 6.07 Å². The number of hydrogen-bond donors (Lipinski definition) is 1. The van der Waals surface area contributed by atoms with Crippen molar-refractivity contribution >= 4 is 23.1 Å². The third-order valence-electron chi connectivity index (χ3n) is 7.75. The van der Waals surface area contributed by atoms with Crippen LogP contribution in [0.3, 0.4) is 0 Å². The number of nitrogens with zero attached hydrogens (tertiary/aromatic N) is 2. The molecule has 2 aliphatic rings. The fourth-order valence-electron chi connectivity index (χ4n) is 5.74. The molecule has 6 heteroatoms. The minimum Gasteiger partial charge on any atom is -0.462 e. The monoisotopic (exact) mass is 545 g/mol. The van der Waals surface area contributed by atoms with Crippen molar-refractivity contribution in [3.8, 4) is 0 Å². The minimum atomic E-state index is -0.264. The number of nitrogens with one attached hydrogen (secondary N) is 1. The molecule has 0 bridgehead atoms. The molecule has 2 unspecified atom stereocenters. The van der Waals surface area contributed by atoms with Crippen LogP contribution in [0.15, 0.2) is 67.8 Å². The summed E-state index contributed by atoms with van der Waals surface area (Å²) in [7, 11) is 0. The number of anilines is 1. The summed E-state index contributed by atoms with van der Waals surface area (Å²) in [6.45, 7) is 19.0. The van der Waals surface area contributed by atoms with E-state index in [0.717, 1.165) is 43.7 Å². The van der Waals surface area contributed by atoms with Gasteiger partial charge in [-0.25, -0.2) is 0 Å². The zero-order valence-corrected chi connectivity index (χ0v) is 24.7. The van der Waals surface area contributed by atoms with Crippen molar-refractivity contribution in [1.29, 1.82) is 0 Å². The molecule has 1 fully saturated rings. The van der Waals surface area contributed by atoms with Gasteiger partial charge in [0.25, 0.3) is 5.91 Å². The Labute approximate surface area is 241 Å². The maximum absolute atomic E-state index is 12.9. The van der Waals surface area contributed by atoms with Gasteiger partial charge >= 0.3 is 5.97 Å². The van der Waals surface area contributed by atoms with Crippen LogP contribution in [-0.4, -0.2) is 56.1 Å². The smallest absolute Gasteiger partial charge is 0.302 e. The summed E-state index contributed by atoms with van der Waals surface area (Å²) in [6, 6.07) is 17.3. The highest BCUT2D eigenvalue weighted by Crippen LogP contribution is 2.49. The zero-order valence-electron chi connectivity index (χ0n) is 24.7. The van der Waals surface area contributed by atoms with Crippen molar-refractivity contribution in [3.63, 3.8) is 0 Å². The van der Waals surface area contributed by atoms with Crippen molar-refractivity contribution in [3.05, 3.63) is 84.5 Å². The SMILES string of the molecule is C=C1c2cc(C(=O)NCCN3CCCC3)ccc2N(CC)C(c2ccccc2)C1CCCC.C=CCOC(C)=O. The zero-order chi connectivity index (χ0) is 28.9. The van der Waals surface area contributed by atoms with Crippen LogP contribution in [0.5, 0.6) is 0 Å². The lowest BCUT2D eigenvalue weighted by Gasteiger charge is -2.45. The first kappa shape index (κ1) is 31.2. The normalized spacial score (nSPS) is 18.4. The standard InChI is InChI=1S/C29H39N3O.C5H8O2/c1-4-6-14-25-22(3)26-21-24(29(33)30-17-20-31-18-10-11-19-31)15-16-27(26)32(5-2)28(25)23-12-8-7-9-13-23;1-3-4-7-5(2)6/h7-9,12-13,15-16,21,25,28H,3-6,10-11,14,17-20H2,1-2H3,(H,30,33);3H,1,4H2,2H3. The van der Waals surface area contributed by atoms with E-state index in [1.165, 1.54) is 55.5 Å². The van der Waals surface area contributed by atoms with E-state index in [1.54, 1.807) is 0 Å². The molecule has 0 aliphatic carbocycles. The number of carbonyl (C=O) groups excluding carboxylic acids is 2. The number of carbonyl (C=O) groups is 2. The Bertz CT molecular complexity index is 1120. The van der Waals surface area contributed by atoms with Gasteiger partial charge in [0.2, 0.25) is 0 Å². The minimum absolute atomic E-state index is 0.0168. The predicted octanol–water partition coefficient (Wildman–Crippen LogP) is 6.65. The number of fused-ring (bicyclic) bond motifs is 1. The van der Waals surface area contributed by atoms with Crippen LogP contribution >= 0.6 is 0 Å². The number of unbranched alkanes of at least 4 members (excludes halogenated alkanes) is 1. The lowest BCUT2D eigenvalue weighted by molar-refractivity contribution is -0.139. The highest BCUT2D eigenvalue weighted by Gasteiger charge is 2.37. The van der Waals surface area contributed by atoms with Gasteiger partial charge in [-0.15, -0.1) is 0 Å². The highest BCUT2D eigenvalue weighted by molar-refractivity contribution is 5.97. The first-order valence-corrected chi connectivity index (χ1v) is 14.8. The number of esters is 1. The van der Waals surface area contributed by atoms with Gasteiger partial charge in [-0.05, 0) is 68.6 Å². The van der Waals surface area contributed by atoms with Crippen LogP contribution in [0, 0.1) is 5.92 Å². The third kappa shape index (κ3) is 8.31. The summed E-state index contributed by atoms with van der Waals surface area (Å²) in [4.78, 5) is 27.8. The molecule has 0 radical (unpaired) electrons. The molecule has 2 heterocycles. The Balaban J connectivity index is 0.000000559. The van der Waals surface area contributed by atoms with Crippen LogP contribution in [0.4, 0.5) is 5.69 Å². The maximum atomic E-state index is 12.9. The Morgan fingerprint density at radius 1 is 1.10 bits per heavy atom. The number of rotatable bonds is 11. The molecule has 2 aliphatic heterocycles. The van der Waals surface area contributed by atoms with Crippen molar-refractivity contribution in [1.82, 2.24) is 10.2 Å². The Morgan fingerprint density at radius 3 is 2.42 bits per heavy atom. The summed E-state index contributed by atoms with van der Waals surface area (Å²) in [5, 5.41) is 3.13. The Morgan fingerprint density at radius 2 is 1.82 bits per heavy atom. The average Bonchev–Trinajstić information content (AvgIpc) is 3.49. The lowest BCUT2D eigenvalue weighted by atomic mass is 9.76. The van der Waals surface area contributed by atoms with Crippen LogP contribution < -0.4 is 10.2 Å². The fourth-order valence-corrected chi connectivity index (χ4v) is 5.74. The van der Waals surface area contributed by atoms with Crippen LogP contribution in [0.2, 0.25) is 0 Å². The Kier molecular flexibility index (Phi) is 12.5. The molecule has 216 valence electrons. The molecule has 0 aromatic heterocycles. The molecule has 2 aromatic rings. The van der Waals surface area contributed by atoms with Crippen molar-refractivity contribution < 1.29 is 14.3 Å². The van der Waals surface area contributed by atoms with E-state index in [9.17, 15) is 9.59 Å². The van der Waals surface area contributed by atoms with E-state index in [0.29, 0.717) is 19.1 Å². The van der Waals surface area contributed by atoms with Crippen molar-refractivity contribution in [2.45, 2.75) is 58.9 Å². The topological polar surface area (TPSA) is 61.9 Å². The van der Waals surface area contributed by atoms with Gasteiger partial charge in [0.1, 0.15) is 6.61 Å². The second kappa shape index (κ2) is 16.0. The number of amides is 1. The van der Waals surface area contributed by atoms with E-state index in [4.69, 9.17) is 0 Å². The number of likely N-dealkylation sites (tertiary alicyclic amines) is 1. The first-order chi connectivity index (χ1) is 19.4. The summed E-state index contributed by atoms with van der Waals surface area (Å²) in [6.07, 6.45) is 7.54. The molecule has 1 N–H and O–H groups in total. The molecule has 2 aromatic carbocycles. The molecule has 0 saturated carbocycles. The molecule has 2 atom stereocenters. The molecule has 40 heavy (non-hydrogen) atoms. The van der Waals surface area contributed by atoms with Gasteiger partial charge in [0.15, 0.2) is 0 Å². The number of ether oxygens (including phenoxy) is 1. The molecule has 0 spiro atoms. The maximum Gasteiger partial charge on any atom is 0.302 e. The predicted molar refractivity (Wildman–Crippen MR) is 166 cm³/mol. The van der Waals surface area contributed by atoms with E-state index in [2.05, 4.69) is 89.3 Å². The molecular formula is C34H47N3O3. The molecular weight excluding hydrogens is 498 g/mol. The van der Waals surface area contributed by atoms with E-state index < -0.39 is 0 Å². The van der Waals surface area contributed by atoms with Crippen LogP contribution in [-0.2, 0) is 9.53 Å². The van der Waals surface area contributed by atoms with Crippen molar-refractivity contribution in [2.75, 3.05) is 44.2 Å². The van der Waals surface area contributed by atoms with Gasteiger partial charge < -0.3 is 19.9 Å². The quantitative estimate of drug-likeness (QED) is 0.253. The Hall–Kier alpha value is -3.38. The van der Waals surface area contributed by atoms with Crippen molar-refractivity contribution in [2.24, 2.45) is 5.92 Å². The summed E-state index contributed by atoms with van der Waals surface area (Å²) >= 11 is 0. The van der Waals surface area contributed by atoms with Gasteiger partial charge in [0, 0.05) is 49.3 Å². The highest BCUT2D eigenvalue weighted by atomic mass is 16.5. The molecule has 1 amide bonds.